The average molecular weight is 421 g/mol. The van der Waals surface area contributed by atoms with Gasteiger partial charge in [0, 0.05) is 13.6 Å². The number of hydrogen-bond acceptors (Lipinski definition) is 5. The number of aryl methyl sites for hydroxylation is 1. The lowest BCUT2D eigenvalue weighted by Crippen LogP contribution is -2.48. The van der Waals surface area contributed by atoms with Gasteiger partial charge in [0.2, 0.25) is 15.9 Å². The van der Waals surface area contributed by atoms with Gasteiger partial charge in [-0.2, -0.15) is 0 Å². The molecule has 0 radical (unpaired) electrons. The Morgan fingerprint density at radius 2 is 1.62 bits per heavy atom. The standard InChI is InChI=1S/C21H28N2O5S/c1-15-7-10-18(11-8-15)23(29(6,25)26)16(2)21(24)22(3)14-17-9-12-19(27-4)20(13-17)28-5/h7-13,16H,14H2,1-6H3/t16-/m0/s1. The van der Waals surface area contributed by atoms with E-state index in [2.05, 4.69) is 0 Å². The molecule has 7 nitrogen and oxygen atoms in total. The van der Waals surface area contributed by atoms with Crippen molar-refractivity contribution in [3.8, 4) is 11.5 Å². The Hall–Kier alpha value is -2.74. The highest BCUT2D eigenvalue weighted by Crippen LogP contribution is 2.28. The molecule has 0 aliphatic rings. The molecule has 29 heavy (non-hydrogen) atoms. The molecular formula is C21H28N2O5S. The molecule has 2 rings (SSSR count). The van der Waals surface area contributed by atoms with Crippen molar-refractivity contribution >= 4 is 21.6 Å². The van der Waals surface area contributed by atoms with Crippen LogP contribution in [-0.4, -0.2) is 52.8 Å². The van der Waals surface area contributed by atoms with Crippen LogP contribution in [0.1, 0.15) is 18.1 Å². The van der Waals surface area contributed by atoms with E-state index in [-0.39, 0.29) is 5.91 Å². The van der Waals surface area contributed by atoms with E-state index in [1.54, 1.807) is 52.5 Å². The first-order valence-corrected chi connectivity index (χ1v) is 10.9. The van der Waals surface area contributed by atoms with Crippen LogP contribution < -0.4 is 13.8 Å². The van der Waals surface area contributed by atoms with Crippen LogP contribution in [-0.2, 0) is 21.4 Å². The number of rotatable bonds is 8. The van der Waals surface area contributed by atoms with Crippen LogP contribution in [0.3, 0.4) is 0 Å². The first-order valence-electron chi connectivity index (χ1n) is 9.10. The summed E-state index contributed by atoms with van der Waals surface area (Å²) in [6.45, 7) is 3.81. The van der Waals surface area contributed by atoms with Crippen molar-refractivity contribution in [3.63, 3.8) is 0 Å². The van der Waals surface area contributed by atoms with Crippen molar-refractivity contribution in [3.05, 3.63) is 53.6 Å². The van der Waals surface area contributed by atoms with E-state index in [1.165, 1.54) is 4.90 Å². The highest BCUT2D eigenvalue weighted by molar-refractivity contribution is 7.92. The van der Waals surface area contributed by atoms with Crippen LogP contribution in [0.5, 0.6) is 11.5 Å². The number of likely N-dealkylation sites (N-methyl/N-ethyl adjacent to an activating group) is 1. The first kappa shape index (κ1) is 22.5. The van der Waals surface area contributed by atoms with Gasteiger partial charge in [-0.05, 0) is 43.7 Å². The number of sulfonamides is 1. The molecule has 1 amide bonds. The minimum Gasteiger partial charge on any atom is -0.493 e. The van der Waals surface area contributed by atoms with Gasteiger partial charge in [-0.3, -0.25) is 9.10 Å². The molecule has 0 bridgehead atoms. The SMILES string of the molecule is COc1ccc(CN(C)C(=O)[C@H](C)N(c2ccc(C)cc2)S(C)(=O)=O)cc1OC. The molecule has 0 heterocycles. The minimum atomic E-state index is -3.65. The summed E-state index contributed by atoms with van der Waals surface area (Å²) in [6.07, 6.45) is 1.10. The fraction of sp³-hybridized carbons (Fsp3) is 0.381. The van der Waals surface area contributed by atoms with Crippen LogP contribution in [0.25, 0.3) is 0 Å². The highest BCUT2D eigenvalue weighted by atomic mass is 32.2. The Balaban J connectivity index is 2.25. The van der Waals surface area contributed by atoms with E-state index in [9.17, 15) is 13.2 Å². The largest absolute Gasteiger partial charge is 0.493 e. The van der Waals surface area contributed by atoms with Crippen molar-refractivity contribution in [2.24, 2.45) is 0 Å². The number of ether oxygens (including phenoxy) is 2. The second kappa shape index (κ2) is 9.17. The van der Waals surface area contributed by atoms with Gasteiger partial charge in [0.15, 0.2) is 11.5 Å². The lowest BCUT2D eigenvalue weighted by Gasteiger charge is -2.31. The normalized spacial score (nSPS) is 12.2. The second-order valence-corrected chi connectivity index (χ2v) is 8.81. The summed E-state index contributed by atoms with van der Waals surface area (Å²) < 4.78 is 36.5. The number of anilines is 1. The van der Waals surface area contributed by atoms with E-state index in [1.807, 2.05) is 25.1 Å². The molecule has 2 aromatic carbocycles. The number of amides is 1. The molecule has 8 heteroatoms. The Morgan fingerprint density at radius 1 is 1.03 bits per heavy atom. The highest BCUT2D eigenvalue weighted by Gasteiger charge is 2.31. The third-order valence-electron chi connectivity index (χ3n) is 4.60. The fourth-order valence-corrected chi connectivity index (χ4v) is 4.31. The van der Waals surface area contributed by atoms with Gasteiger partial charge < -0.3 is 14.4 Å². The molecule has 0 fully saturated rings. The lowest BCUT2D eigenvalue weighted by atomic mass is 10.1. The predicted molar refractivity (Wildman–Crippen MR) is 114 cm³/mol. The van der Waals surface area contributed by atoms with Gasteiger partial charge in [0.1, 0.15) is 6.04 Å². The summed E-state index contributed by atoms with van der Waals surface area (Å²) >= 11 is 0. The van der Waals surface area contributed by atoms with Crippen LogP contribution >= 0.6 is 0 Å². The molecule has 0 aromatic heterocycles. The monoisotopic (exact) mass is 420 g/mol. The van der Waals surface area contributed by atoms with Crippen molar-refractivity contribution in [2.75, 3.05) is 31.8 Å². The molecule has 0 spiro atoms. The molecule has 158 valence electrons. The minimum absolute atomic E-state index is 0.301. The number of methoxy groups -OCH3 is 2. The Labute approximate surface area is 172 Å². The van der Waals surface area contributed by atoms with E-state index >= 15 is 0 Å². The molecule has 0 unspecified atom stereocenters. The van der Waals surface area contributed by atoms with Crippen molar-refractivity contribution < 1.29 is 22.7 Å². The number of benzene rings is 2. The Morgan fingerprint density at radius 3 is 2.14 bits per heavy atom. The maximum Gasteiger partial charge on any atom is 0.246 e. The molecule has 0 saturated carbocycles. The second-order valence-electron chi connectivity index (χ2n) is 6.95. The number of carbonyl (C=O) groups excluding carboxylic acids is 1. The van der Waals surface area contributed by atoms with Crippen molar-refractivity contribution in [2.45, 2.75) is 26.4 Å². The Kier molecular flexibility index (Phi) is 7.13. The predicted octanol–water partition coefficient (Wildman–Crippen LogP) is 2.83. The molecule has 1 atom stereocenters. The lowest BCUT2D eigenvalue weighted by molar-refractivity contribution is -0.131. The maximum atomic E-state index is 13.0. The van der Waals surface area contributed by atoms with Crippen LogP contribution in [0.4, 0.5) is 5.69 Å². The fourth-order valence-electron chi connectivity index (χ4n) is 3.14. The average Bonchev–Trinajstić information content (AvgIpc) is 2.67. The van der Waals surface area contributed by atoms with Gasteiger partial charge in [-0.1, -0.05) is 23.8 Å². The zero-order valence-electron chi connectivity index (χ0n) is 17.7. The molecular weight excluding hydrogens is 392 g/mol. The summed E-state index contributed by atoms with van der Waals surface area (Å²) in [5, 5.41) is 0. The molecule has 0 aliphatic heterocycles. The van der Waals surface area contributed by atoms with Crippen LogP contribution in [0.2, 0.25) is 0 Å². The molecule has 0 N–H and O–H groups in total. The third kappa shape index (κ3) is 5.41. The van der Waals surface area contributed by atoms with Gasteiger partial charge in [-0.15, -0.1) is 0 Å². The maximum absolute atomic E-state index is 13.0. The van der Waals surface area contributed by atoms with Gasteiger partial charge in [0.25, 0.3) is 0 Å². The quantitative estimate of drug-likeness (QED) is 0.656. The Bertz CT molecular complexity index is 958. The smallest absolute Gasteiger partial charge is 0.246 e. The summed E-state index contributed by atoms with van der Waals surface area (Å²) in [7, 11) is 1.09. The number of nitrogens with zero attached hydrogens (tertiary/aromatic N) is 2. The number of hydrogen-bond donors (Lipinski definition) is 0. The topological polar surface area (TPSA) is 76.2 Å². The van der Waals surface area contributed by atoms with Crippen molar-refractivity contribution in [1.29, 1.82) is 0 Å². The third-order valence-corrected chi connectivity index (χ3v) is 5.84. The van der Waals surface area contributed by atoms with Gasteiger partial charge >= 0.3 is 0 Å². The molecule has 2 aromatic rings. The molecule has 0 saturated heterocycles. The number of carbonyl (C=O) groups is 1. The first-order chi connectivity index (χ1) is 13.6. The van der Waals surface area contributed by atoms with E-state index in [0.29, 0.717) is 23.7 Å². The zero-order chi connectivity index (χ0) is 21.8. The van der Waals surface area contributed by atoms with Crippen LogP contribution in [0.15, 0.2) is 42.5 Å². The van der Waals surface area contributed by atoms with Crippen molar-refractivity contribution in [1.82, 2.24) is 4.90 Å². The van der Waals surface area contributed by atoms with Crippen LogP contribution in [0, 0.1) is 6.92 Å². The molecule has 0 aliphatic carbocycles. The summed E-state index contributed by atoms with van der Waals surface area (Å²) in [6, 6.07) is 11.5. The summed E-state index contributed by atoms with van der Waals surface area (Å²) in [5.41, 5.74) is 2.30. The zero-order valence-corrected chi connectivity index (χ0v) is 18.5. The van der Waals surface area contributed by atoms with E-state index in [4.69, 9.17) is 9.47 Å². The van der Waals surface area contributed by atoms with Gasteiger partial charge in [-0.25, -0.2) is 8.42 Å². The van der Waals surface area contributed by atoms with E-state index < -0.39 is 16.1 Å². The summed E-state index contributed by atoms with van der Waals surface area (Å²) in [5.74, 6) is 0.850. The van der Waals surface area contributed by atoms with Gasteiger partial charge in [0.05, 0.1) is 26.2 Å². The van der Waals surface area contributed by atoms with E-state index in [0.717, 1.165) is 21.7 Å². The summed E-state index contributed by atoms with van der Waals surface area (Å²) in [4.78, 5) is 14.5.